The van der Waals surface area contributed by atoms with Gasteiger partial charge < -0.3 is 14.8 Å². The third kappa shape index (κ3) is 3.46. The largest absolute Gasteiger partial charge is 0.497 e. The topological polar surface area (TPSA) is 47.6 Å². The van der Waals surface area contributed by atoms with Crippen molar-refractivity contribution in [2.75, 3.05) is 19.5 Å². The summed E-state index contributed by atoms with van der Waals surface area (Å²) in [6.07, 6.45) is 1.35. The summed E-state index contributed by atoms with van der Waals surface area (Å²) in [5.74, 6) is 1.23. The van der Waals surface area contributed by atoms with Gasteiger partial charge in [0.25, 0.3) is 0 Å². The van der Waals surface area contributed by atoms with Crippen LogP contribution in [0, 0.1) is 6.92 Å². The number of fused-ring (bicyclic) bond motifs is 1. The average Bonchev–Trinajstić information content (AvgIpc) is 3.15. The molecule has 1 N–H and O–H groups in total. The van der Waals surface area contributed by atoms with Crippen LogP contribution in [-0.4, -0.2) is 20.1 Å². The number of hydrogen-bond acceptors (Lipinski definition) is 3. The number of carbonyl (C=O) groups excluding carboxylic acids is 1. The summed E-state index contributed by atoms with van der Waals surface area (Å²) in [4.78, 5) is 13.7. The van der Waals surface area contributed by atoms with Crippen molar-refractivity contribution >= 4 is 11.6 Å². The second-order valence-electron chi connectivity index (χ2n) is 7.59. The molecule has 0 bridgehead atoms. The second-order valence-corrected chi connectivity index (χ2v) is 7.59. The number of nitrogens with one attached hydrogen (secondary N) is 1. The van der Waals surface area contributed by atoms with Crippen LogP contribution >= 0.6 is 0 Å². The van der Waals surface area contributed by atoms with Crippen LogP contribution in [0.4, 0.5) is 5.69 Å². The fraction of sp³-hybridized carbons (Fsp3) is 0.240. The van der Waals surface area contributed by atoms with Crippen molar-refractivity contribution in [3.05, 3.63) is 89.0 Å². The second kappa shape index (κ2) is 7.63. The molecule has 148 valence electrons. The molecule has 3 aromatic rings. The maximum Gasteiger partial charge on any atom is 0.235 e. The number of hydrogen-bond donors (Lipinski definition) is 1. The zero-order chi connectivity index (χ0) is 20.4. The van der Waals surface area contributed by atoms with E-state index in [1.54, 1.807) is 20.3 Å². The molecule has 4 rings (SSSR count). The molecule has 1 aliphatic carbocycles. The highest BCUT2D eigenvalue weighted by atomic mass is 16.5. The lowest BCUT2D eigenvalue weighted by Gasteiger charge is -2.29. The number of aryl methyl sites for hydroxylation is 1. The molecule has 0 saturated heterocycles. The van der Waals surface area contributed by atoms with Crippen LogP contribution in [0.2, 0.25) is 0 Å². The molecule has 0 unspecified atom stereocenters. The van der Waals surface area contributed by atoms with Gasteiger partial charge >= 0.3 is 0 Å². The number of anilines is 1. The molecule has 0 fully saturated rings. The summed E-state index contributed by atoms with van der Waals surface area (Å²) in [7, 11) is 3.20. The van der Waals surface area contributed by atoms with Crippen LogP contribution in [0.3, 0.4) is 0 Å². The average molecular weight is 387 g/mol. The lowest BCUT2D eigenvalue weighted by Crippen LogP contribution is -2.41. The standard InChI is InChI=1S/C25H25NO3/c1-17-8-10-20(11-9-17)25(15-18-6-4-5-7-19(18)16-25)24(27)26-22-13-12-21(28-2)14-23(22)29-3/h4-14H,15-16H2,1-3H3,(H,26,27). The predicted molar refractivity (Wildman–Crippen MR) is 115 cm³/mol. The first kappa shape index (κ1) is 19.1. The van der Waals surface area contributed by atoms with E-state index in [1.165, 1.54) is 16.7 Å². The van der Waals surface area contributed by atoms with E-state index in [-0.39, 0.29) is 5.91 Å². The quantitative estimate of drug-likeness (QED) is 0.691. The van der Waals surface area contributed by atoms with Crippen molar-refractivity contribution in [3.8, 4) is 11.5 Å². The van der Waals surface area contributed by atoms with Gasteiger partial charge in [0.05, 0.1) is 25.3 Å². The minimum Gasteiger partial charge on any atom is -0.497 e. The van der Waals surface area contributed by atoms with E-state index in [9.17, 15) is 4.79 Å². The molecule has 0 aliphatic heterocycles. The molecule has 0 atom stereocenters. The molecule has 0 heterocycles. The van der Waals surface area contributed by atoms with Gasteiger partial charge in [-0.05, 0) is 48.6 Å². The summed E-state index contributed by atoms with van der Waals surface area (Å²) in [6.45, 7) is 2.06. The van der Waals surface area contributed by atoms with Gasteiger partial charge in [-0.25, -0.2) is 0 Å². The fourth-order valence-electron chi connectivity index (χ4n) is 4.13. The lowest BCUT2D eigenvalue weighted by atomic mass is 9.76. The molecular weight excluding hydrogens is 362 g/mol. The normalized spacial score (nSPS) is 14.2. The Labute approximate surface area is 171 Å². The molecule has 0 radical (unpaired) electrons. The van der Waals surface area contributed by atoms with Gasteiger partial charge in [0, 0.05) is 6.07 Å². The number of methoxy groups -OCH3 is 2. The van der Waals surface area contributed by atoms with Gasteiger partial charge in [-0.1, -0.05) is 54.1 Å². The fourth-order valence-corrected chi connectivity index (χ4v) is 4.13. The molecule has 1 aliphatic rings. The highest BCUT2D eigenvalue weighted by Crippen LogP contribution is 2.41. The lowest BCUT2D eigenvalue weighted by molar-refractivity contribution is -0.121. The van der Waals surface area contributed by atoms with Crippen LogP contribution < -0.4 is 14.8 Å². The summed E-state index contributed by atoms with van der Waals surface area (Å²) in [6, 6.07) is 22.0. The minimum atomic E-state index is -0.650. The van der Waals surface area contributed by atoms with Crippen molar-refractivity contribution in [1.29, 1.82) is 0 Å². The third-order valence-corrected chi connectivity index (χ3v) is 5.80. The maximum absolute atomic E-state index is 13.7. The van der Waals surface area contributed by atoms with E-state index in [0.717, 1.165) is 5.56 Å². The molecule has 29 heavy (non-hydrogen) atoms. The molecule has 0 spiro atoms. The van der Waals surface area contributed by atoms with Gasteiger partial charge in [-0.2, -0.15) is 0 Å². The monoisotopic (exact) mass is 387 g/mol. The Bertz CT molecular complexity index is 1020. The van der Waals surface area contributed by atoms with Crippen LogP contribution in [0.25, 0.3) is 0 Å². The first-order valence-electron chi connectivity index (χ1n) is 9.73. The number of rotatable bonds is 5. The molecule has 1 amide bonds. The smallest absolute Gasteiger partial charge is 0.235 e. The zero-order valence-corrected chi connectivity index (χ0v) is 17.0. The molecule has 0 saturated carbocycles. The Balaban J connectivity index is 1.73. The van der Waals surface area contributed by atoms with E-state index in [1.807, 2.05) is 24.3 Å². The number of ether oxygens (including phenoxy) is 2. The van der Waals surface area contributed by atoms with Crippen molar-refractivity contribution in [2.45, 2.75) is 25.2 Å². The van der Waals surface area contributed by atoms with E-state index in [2.05, 4.69) is 48.6 Å². The van der Waals surface area contributed by atoms with Gasteiger partial charge in [-0.15, -0.1) is 0 Å². The van der Waals surface area contributed by atoms with Crippen LogP contribution in [0.15, 0.2) is 66.7 Å². The number of carbonyl (C=O) groups is 1. The first-order valence-corrected chi connectivity index (χ1v) is 9.73. The number of benzene rings is 3. The maximum atomic E-state index is 13.7. The highest BCUT2D eigenvalue weighted by Gasteiger charge is 2.45. The van der Waals surface area contributed by atoms with Crippen LogP contribution in [0.1, 0.15) is 22.3 Å². The summed E-state index contributed by atoms with van der Waals surface area (Å²) in [5.41, 5.74) is 4.65. The molecular formula is C25H25NO3. The highest BCUT2D eigenvalue weighted by molar-refractivity contribution is 6.01. The molecule has 3 aromatic carbocycles. The van der Waals surface area contributed by atoms with E-state index >= 15 is 0 Å². The van der Waals surface area contributed by atoms with Crippen molar-refractivity contribution in [1.82, 2.24) is 0 Å². The Morgan fingerprint density at radius 2 is 1.55 bits per heavy atom. The van der Waals surface area contributed by atoms with Gasteiger partial charge in [-0.3, -0.25) is 4.79 Å². The minimum absolute atomic E-state index is 0.0268. The molecule has 0 aromatic heterocycles. The number of amides is 1. The Morgan fingerprint density at radius 1 is 0.897 bits per heavy atom. The predicted octanol–water partition coefficient (Wildman–Crippen LogP) is 4.69. The van der Waals surface area contributed by atoms with Gasteiger partial charge in [0.2, 0.25) is 5.91 Å². The zero-order valence-electron chi connectivity index (χ0n) is 17.0. The Hall–Kier alpha value is -3.27. The first-order chi connectivity index (χ1) is 14.1. The Kier molecular flexibility index (Phi) is 5.01. The summed E-state index contributed by atoms with van der Waals surface area (Å²) < 4.78 is 10.7. The molecule has 4 nitrogen and oxygen atoms in total. The molecule has 4 heteroatoms. The Morgan fingerprint density at radius 3 is 2.14 bits per heavy atom. The van der Waals surface area contributed by atoms with Gasteiger partial charge in [0.1, 0.15) is 11.5 Å². The van der Waals surface area contributed by atoms with Crippen molar-refractivity contribution < 1.29 is 14.3 Å². The SMILES string of the molecule is COc1ccc(NC(=O)C2(c3ccc(C)cc3)Cc3ccccc3C2)c(OC)c1. The van der Waals surface area contributed by atoms with E-state index in [4.69, 9.17) is 9.47 Å². The summed E-state index contributed by atoms with van der Waals surface area (Å²) in [5, 5.41) is 3.12. The van der Waals surface area contributed by atoms with Gasteiger partial charge in [0.15, 0.2) is 0 Å². The van der Waals surface area contributed by atoms with Crippen LogP contribution in [0.5, 0.6) is 11.5 Å². The van der Waals surface area contributed by atoms with E-state index < -0.39 is 5.41 Å². The van der Waals surface area contributed by atoms with Crippen molar-refractivity contribution in [2.24, 2.45) is 0 Å². The summed E-state index contributed by atoms with van der Waals surface area (Å²) >= 11 is 0. The van der Waals surface area contributed by atoms with Crippen LogP contribution in [-0.2, 0) is 23.1 Å². The third-order valence-electron chi connectivity index (χ3n) is 5.80. The van der Waals surface area contributed by atoms with E-state index in [0.29, 0.717) is 30.0 Å². The van der Waals surface area contributed by atoms with Crippen molar-refractivity contribution in [3.63, 3.8) is 0 Å².